The van der Waals surface area contributed by atoms with Crippen LogP contribution in [0.4, 0.5) is 23.0 Å². The monoisotopic (exact) mass is 831 g/mol. The molecule has 257 valence electrons. The van der Waals surface area contributed by atoms with Crippen molar-refractivity contribution in [3.05, 3.63) is 143 Å². The SMILES string of the molecule is CC(C)c1cccc(C(C)C)c1N1[CH-]N(c2c(C(C)C)cccc2C(C)C)c2nccnc21.O=c1c2ccccc2[cH-]c2ccccc12.[Au]. The first-order valence-electron chi connectivity index (χ1n) is 17.2. The Morgan fingerprint density at radius 2 is 0.857 bits per heavy atom. The van der Waals surface area contributed by atoms with E-state index in [4.69, 9.17) is 9.97 Å². The van der Waals surface area contributed by atoms with E-state index in [1.807, 2.05) is 48.5 Å². The molecule has 0 unspecified atom stereocenters. The van der Waals surface area contributed by atoms with E-state index in [1.165, 1.54) is 33.6 Å². The standard InChI is InChI=1S/C29H37N4.C14H9O.Au/c1-18(2)22-11-9-12-23(19(3)4)26(22)32-17-33(29-28(32)30-15-16-31-29)27-24(20(5)6)13-10-14-25(27)21(7)8;15-14-12-7-3-1-5-10(12)9-11-6-2-4-8-13(11)14;/h9-21H,1-8H3;1-9H;/q2*-1;. The molecule has 0 spiro atoms. The fourth-order valence-electron chi connectivity index (χ4n) is 6.77. The normalized spacial score (nSPS) is 12.6. The van der Waals surface area contributed by atoms with Crippen molar-refractivity contribution in [1.82, 2.24) is 9.97 Å². The van der Waals surface area contributed by atoms with Gasteiger partial charge in [0.2, 0.25) is 0 Å². The molecular formula is C43H46AuN4O-2. The molecule has 1 radical (unpaired) electrons. The second-order valence-electron chi connectivity index (χ2n) is 13.9. The first-order chi connectivity index (χ1) is 23.1. The summed E-state index contributed by atoms with van der Waals surface area (Å²) >= 11 is 0. The second-order valence-corrected chi connectivity index (χ2v) is 13.9. The molecule has 0 atom stereocenters. The number of benzene rings is 5. The zero-order valence-electron chi connectivity index (χ0n) is 29.7. The molecule has 6 aromatic rings. The van der Waals surface area contributed by atoms with Crippen LogP contribution in [0.3, 0.4) is 0 Å². The molecule has 0 aliphatic carbocycles. The summed E-state index contributed by atoms with van der Waals surface area (Å²) in [5.74, 6) is 3.37. The van der Waals surface area contributed by atoms with Gasteiger partial charge in [-0.25, -0.2) is 9.97 Å². The van der Waals surface area contributed by atoms with Crippen molar-refractivity contribution in [2.75, 3.05) is 9.80 Å². The van der Waals surface area contributed by atoms with Crippen molar-refractivity contribution in [2.24, 2.45) is 0 Å². The quantitative estimate of drug-likeness (QED) is 0.0951. The third kappa shape index (κ3) is 6.98. The average Bonchev–Trinajstić information content (AvgIpc) is 3.47. The van der Waals surface area contributed by atoms with Gasteiger partial charge in [0, 0.05) is 46.1 Å². The van der Waals surface area contributed by atoms with Gasteiger partial charge in [-0.05, 0) is 56.7 Å². The summed E-state index contributed by atoms with van der Waals surface area (Å²) < 4.78 is 0. The molecule has 0 saturated heterocycles. The molecule has 1 aliphatic heterocycles. The van der Waals surface area contributed by atoms with Crippen LogP contribution in [0, 0.1) is 6.67 Å². The fraction of sp³-hybridized carbons (Fsp3) is 0.279. The summed E-state index contributed by atoms with van der Waals surface area (Å²) in [6.45, 7) is 20.3. The number of fused-ring (bicyclic) bond motifs is 3. The van der Waals surface area contributed by atoms with E-state index in [9.17, 15) is 4.79 Å². The van der Waals surface area contributed by atoms with Crippen LogP contribution >= 0.6 is 0 Å². The fourth-order valence-corrected chi connectivity index (χ4v) is 6.77. The van der Waals surface area contributed by atoms with Crippen molar-refractivity contribution in [3.8, 4) is 0 Å². The van der Waals surface area contributed by atoms with Gasteiger partial charge in [-0.15, -0.1) is 35.6 Å². The third-order valence-corrected chi connectivity index (χ3v) is 9.24. The van der Waals surface area contributed by atoms with Crippen molar-refractivity contribution in [3.63, 3.8) is 0 Å². The minimum Gasteiger partial charge on any atom is -0.456 e. The van der Waals surface area contributed by atoms with Crippen LogP contribution in [0.5, 0.6) is 0 Å². The molecule has 5 aromatic carbocycles. The maximum absolute atomic E-state index is 12.1. The van der Waals surface area contributed by atoms with E-state index in [-0.39, 0.29) is 27.8 Å². The van der Waals surface area contributed by atoms with E-state index < -0.39 is 0 Å². The van der Waals surface area contributed by atoms with Gasteiger partial charge in [0.1, 0.15) is 17.1 Å². The van der Waals surface area contributed by atoms with E-state index >= 15 is 0 Å². The van der Waals surface area contributed by atoms with Crippen molar-refractivity contribution in [2.45, 2.75) is 79.1 Å². The molecule has 0 fully saturated rings. The molecule has 2 heterocycles. The summed E-state index contributed by atoms with van der Waals surface area (Å²) in [6, 6.07) is 30.9. The summed E-state index contributed by atoms with van der Waals surface area (Å²) in [5.41, 5.74) is 7.92. The maximum Gasteiger partial charge on any atom is 0.145 e. The van der Waals surface area contributed by atoms with Gasteiger partial charge in [-0.3, -0.25) is 0 Å². The van der Waals surface area contributed by atoms with Crippen LogP contribution in [0.2, 0.25) is 0 Å². The second kappa shape index (κ2) is 15.2. The number of para-hydroxylation sites is 2. The van der Waals surface area contributed by atoms with Gasteiger partial charge in [-0.2, -0.15) is 0 Å². The third-order valence-electron chi connectivity index (χ3n) is 9.24. The van der Waals surface area contributed by atoms with Crippen molar-refractivity contribution < 1.29 is 22.4 Å². The van der Waals surface area contributed by atoms with E-state index in [0.29, 0.717) is 23.7 Å². The van der Waals surface area contributed by atoms with Crippen LogP contribution in [0.15, 0.2) is 108 Å². The Balaban J connectivity index is 0.000000243. The minimum atomic E-state index is 0. The number of hydrogen-bond acceptors (Lipinski definition) is 5. The summed E-state index contributed by atoms with van der Waals surface area (Å²) in [5, 5.41) is 3.63. The Morgan fingerprint density at radius 1 is 0.510 bits per heavy atom. The molecule has 49 heavy (non-hydrogen) atoms. The zero-order chi connectivity index (χ0) is 34.1. The van der Waals surface area contributed by atoms with Gasteiger partial charge >= 0.3 is 0 Å². The molecule has 7 rings (SSSR count). The Hall–Kier alpha value is -4.16. The largest absolute Gasteiger partial charge is 0.456 e. The molecule has 0 saturated carbocycles. The van der Waals surface area contributed by atoms with E-state index in [1.54, 1.807) is 12.4 Å². The number of hydrogen-bond donors (Lipinski definition) is 0. The number of nitrogens with zero attached hydrogens (tertiary/aromatic N) is 4. The molecule has 0 bridgehead atoms. The predicted octanol–water partition coefficient (Wildman–Crippen LogP) is 11.4. The van der Waals surface area contributed by atoms with Crippen LogP contribution in [-0.4, -0.2) is 9.97 Å². The van der Waals surface area contributed by atoms with E-state index in [2.05, 4.69) is 114 Å². The van der Waals surface area contributed by atoms with Crippen LogP contribution < -0.4 is 15.2 Å². The van der Waals surface area contributed by atoms with Crippen LogP contribution in [0.1, 0.15) is 101 Å². The number of anilines is 4. The van der Waals surface area contributed by atoms with Crippen LogP contribution in [-0.2, 0) is 22.4 Å². The Bertz CT molecular complexity index is 1930. The Morgan fingerprint density at radius 3 is 1.20 bits per heavy atom. The van der Waals surface area contributed by atoms with Gasteiger partial charge in [-0.1, -0.05) is 128 Å². The smallest absolute Gasteiger partial charge is 0.145 e. The van der Waals surface area contributed by atoms with Crippen molar-refractivity contribution >= 4 is 44.6 Å². The summed E-state index contributed by atoms with van der Waals surface area (Å²) in [6.07, 6.45) is 3.60. The van der Waals surface area contributed by atoms with Crippen molar-refractivity contribution in [1.29, 1.82) is 0 Å². The van der Waals surface area contributed by atoms with E-state index in [0.717, 1.165) is 33.2 Å². The van der Waals surface area contributed by atoms with Gasteiger partial charge in [0.05, 0.1) is 0 Å². The van der Waals surface area contributed by atoms with Crippen LogP contribution in [0.25, 0.3) is 21.5 Å². The summed E-state index contributed by atoms with van der Waals surface area (Å²) in [4.78, 5) is 26.3. The first-order valence-corrected chi connectivity index (χ1v) is 17.2. The molecule has 0 amide bonds. The molecule has 1 aliphatic rings. The molecule has 5 nitrogen and oxygen atoms in total. The number of rotatable bonds is 6. The number of aromatic nitrogens is 2. The minimum absolute atomic E-state index is 0. The molecule has 1 aromatic heterocycles. The summed E-state index contributed by atoms with van der Waals surface area (Å²) in [7, 11) is 0. The maximum atomic E-state index is 12.1. The van der Waals surface area contributed by atoms with Gasteiger partial charge in [0.15, 0.2) is 0 Å². The molecule has 6 heteroatoms. The Kier molecular flexibility index (Phi) is 11.2. The zero-order valence-corrected chi connectivity index (χ0v) is 31.9. The average molecular weight is 832 g/mol. The predicted molar refractivity (Wildman–Crippen MR) is 203 cm³/mol. The molecular weight excluding hydrogens is 785 g/mol. The Labute approximate surface area is 306 Å². The van der Waals surface area contributed by atoms with Gasteiger partial charge < -0.3 is 14.6 Å². The van der Waals surface area contributed by atoms with Gasteiger partial charge in [0.25, 0.3) is 0 Å². The topological polar surface area (TPSA) is 49.3 Å². The first kappa shape index (κ1) is 36.1. The molecule has 0 N–H and O–H groups in total.